The number of hydrogen-bond donors (Lipinski definition) is 6. The van der Waals surface area contributed by atoms with Crippen molar-refractivity contribution in [3.05, 3.63) is 11.6 Å². The van der Waals surface area contributed by atoms with E-state index in [1.165, 1.54) is 6.34 Å². The summed E-state index contributed by atoms with van der Waals surface area (Å²) in [5.41, 5.74) is 6.27. The smallest absolute Gasteiger partial charge is 0.326 e. The van der Waals surface area contributed by atoms with Crippen LogP contribution in [-0.2, 0) is 14.4 Å². The van der Waals surface area contributed by atoms with Crippen LogP contribution >= 0.6 is 0 Å². The predicted octanol–water partition coefficient (Wildman–Crippen LogP) is 0.558. The van der Waals surface area contributed by atoms with E-state index >= 15 is 0 Å². The minimum atomic E-state index is -1.25. The first-order chi connectivity index (χ1) is 13.3. The molecule has 0 bridgehead atoms. The third-order valence-electron chi connectivity index (χ3n) is 4.37. The van der Waals surface area contributed by atoms with Gasteiger partial charge in [-0.05, 0) is 25.3 Å². The number of nitrogen functional groups attached to an aromatic ring is 1. The van der Waals surface area contributed by atoms with E-state index in [2.05, 4.69) is 15.3 Å². The molecule has 0 aliphatic carbocycles. The molecule has 0 spiro atoms. The summed E-state index contributed by atoms with van der Waals surface area (Å²) in [6, 6.07) is 0.433. The van der Waals surface area contributed by atoms with Gasteiger partial charge >= 0.3 is 11.9 Å². The van der Waals surface area contributed by atoms with Crippen LogP contribution in [0, 0.1) is 0 Å². The largest absolute Gasteiger partial charge is 0.481 e. The van der Waals surface area contributed by atoms with E-state index in [9.17, 15) is 19.5 Å². The molecular formula is C17H25N5O6. The molecule has 1 unspecified atom stereocenters. The number of carbonyl (C=O) groups excluding carboxylic acids is 1. The number of aliphatic hydroxyl groups is 1. The lowest BCUT2D eigenvalue weighted by molar-refractivity contribution is -0.143. The van der Waals surface area contributed by atoms with Gasteiger partial charge in [-0.15, -0.1) is 0 Å². The zero-order valence-electron chi connectivity index (χ0n) is 15.3. The van der Waals surface area contributed by atoms with Gasteiger partial charge in [0.1, 0.15) is 17.7 Å². The van der Waals surface area contributed by atoms with Gasteiger partial charge in [0.05, 0.1) is 6.34 Å². The van der Waals surface area contributed by atoms with Gasteiger partial charge in [0.2, 0.25) is 5.91 Å². The van der Waals surface area contributed by atoms with Gasteiger partial charge in [-0.1, -0.05) is 6.42 Å². The molecule has 0 aromatic carbocycles. The zero-order valence-corrected chi connectivity index (χ0v) is 15.3. The zero-order chi connectivity index (χ0) is 20.7. The number of carbonyl (C=O) groups is 3. The molecule has 1 aromatic rings. The maximum atomic E-state index is 11.9. The van der Waals surface area contributed by atoms with Crippen molar-refractivity contribution in [1.29, 1.82) is 0 Å². The molecule has 1 aromatic heterocycles. The number of nitrogens with two attached hydrogens (primary N) is 1. The summed E-state index contributed by atoms with van der Waals surface area (Å²) in [6.45, 7) is 0.535. The van der Waals surface area contributed by atoms with Crippen LogP contribution in [0.4, 0.5) is 11.6 Å². The molecule has 1 aliphatic rings. The van der Waals surface area contributed by atoms with Crippen LogP contribution in [0.2, 0.25) is 0 Å². The number of carboxylic acids is 2. The summed E-state index contributed by atoms with van der Waals surface area (Å²) < 4.78 is 0. The van der Waals surface area contributed by atoms with Crippen molar-refractivity contribution in [1.82, 2.24) is 15.2 Å². The fraction of sp³-hybridized carbons (Fsp3) is 0.529. The minimum Gasteiger partial charge on any atom is -0.481 e. The maximum Gasteiger partial charge on any atom is 0.326 e. The van der Waals surface area contributed by atoms with Gasteiger partial charge in [0, 0.05) is 24.9 Å². The number of aromatic nitrogens is 1. The summed E-state index contributed by atoms with van der Waals surface area (Å²) in [5, 5.41) is 30.3. The molecule has 2 heterocycles. The Balaban J connectivity index is 1.66. The molecule has 0 radical (unpaired) electrons. The van der Waals surface area contributed by atoms with Gasteiger partial charge in [-0.2, -0.15) is 0 Å². The van der Waals surface area contributed by atoms with Crippen LogP contribution in [0.25, 0.3) is 0 Å². The normalized spacial score (nSPS) is 16.5. The number of nitrogens with zero attached hydrogens (tertiary/aromatic N) is 2. The standard InChI is InChI=1S/C17H25N5O6/c18-12-8-10-15(21-12)19-9-22(16(10)26)7-3-1-2-4-13(23)20-11(17(27)28)5-6-14(24)25/h8-9,11,16,21,26H,1-7,18H2,(H,20,23)(H,24,25)(H,27,28)/t11-,16?/m0/s1. The molecule has 0 saturated heterocycles. The van der Waals surface area contributed by atoms with Crippen LogP contribution in [0.1, 0.15) is 50.3 Å². The number of anilines is 1. The number of H-pyrrole nitrogens is 1. The fourth-order valence-electron chi connectivity index (χ4n) is 2.89. The molecule has 2 rings (SSSR count). The molecule has 1 aliphatic heterocycles. The molecule has 2 atom stereocenters. The van der Waals surface area contributed by atoms with Crippen molar-refractivity contribution in [2.24, 2.45) is 4.99 Å². The number of aromatic amines is 1. The van der Waals surface area contributed by atoms with Gasteiger partial charge in [0.15, 0.2) is 6.23 Å². The number of amides is 1. The summed E-state index contributed by atoms with van der Waals surface area (Å²) in [6.07, 6.45) is 2.30. The van der Waals surface area contributed by atoms with E-state index in [-0.39, 0.29) is 19.3 Å². The number of carboxylic acid groups (broad SMARTS) is 2. The topological polar surface area (TPSA) is 181 Å². The van der Waals surface area contributed by atoms with E-state index < -0.39 is 30.1 Å². The first kappa shape index (κ1) is 21.2. The number of unbranched alkanes of at least 4 members (excludes halogenated alkanes) is 2. The van der Waals surface area contributed by atoms with Crippen molar-refractivity contribution in [3.8, 4) is 0 Å². The number of nitrogens with one attached hydrogen (secondary N) is 2. The Kier molecular flexibility index (Phi) is 7.38. The van der Waals surface area contributed by atoms with Crippen LogP contribution in [-0.4, -0.2) is 62.0 Å². The summed E-state index contributed by atoms with van der Waals surface area (Å²) in [4.78, 5) is 42.2. The highest BCUT2D eigenvalue weighted by Gasteiger charge is 2.24. The summed E-state index contributed by atoms with van der Waals surface area (Å²) in [5.74, 6) is -1.83. The van der Waals surface area contributed by atoms with Gasteiger partial charge in [-0.25, -0.2) is 9.79 Å². The Bertz CT molecular complexity index is 746. The summed E-state index contributed by atoms with van der Waals surface area (Å²) >= 11 is 0. The highest BCUT2D eigenvalue weighted by atomic mass is 16.4. The molecule has 0 fully saturated rings. The second-order valence-electron chi connectivity index (χ2n) is 6.59. The molecule has 11 heteroatoms. The van der Waals surface area contributed by atoms with Crippen molar-refractivity contribution >= 4 is 35.8 Å². The minimum absolute atomic E-state index is 0.145. The molecule has 28 heavy (non-hydrogen) atoms. The number of aliphatic hydroxyl groups excluding tert-OH is 1. The van der Waals surface area contributed by atoms with Crippen molar-refractivity contribution in [2.75, 3.05) is 12.3 Å². The van der Waals surface area contributed by atoms with Crippen LogP contribution in [0.3, 0.4) is 0 Å². The highest BCUT2D eigenvalue weighted by Crippen LogP contribution is 2.32. The average Bonchev–Trinajstić information content (AvgIpc) is 3.01. The average molecular weight is 395 g/mol. The second kappa shape index (κ2) is 9.74. The van der Waals surface area contributed by atoms with E-state index in [4.69, 9.17) is 15.9 Å². The Morgan fingerprint density at radius 2 is 2.00 bits per heavy atom. The number of fused-ring (bicyclic) bond motifs is 1. The van der Waals surface area contributed by atoms with Crippen LogP contribution in [0.5, 0.6) is 0 Å². The number of aliphatic imine (C=N–C) groups is 1. The lowest BCUT2D eigenvalue weighted by atomic mass is 10.1. The van der Waals surface area contributed by atoms with E-state index in [1.807, 2.05) is 0 Å². The molecule has 7 N–H and O–H groups in total. The fourth-order valence-corrected chi connectivity index (χ4v) is 2.89. The number of aliphatic carboxylic acids is 2. The molecule has 154 valence electrons. The third-order valence-corrected chi connectivity index (χ3v) is 4.37. The Morgan fingerprint density at radius 3 is 2.68 bits per heavy atom. The first-order valence-electron chi connectivity index (χ1n) is 8.98. The Morgan fingerprint density at radius 1 is 1.25 bits per heavy atom. The second-order valence-corrected chi connectivity index (χ2v) is 6.59. The Hall–Kier alpha value is -3.08. The first-order valence-corrected chi connectivity index (χ1v) is 8.98. The molecule has 1 amide bonds. The SMILES string of the molecule is Nc1cc2c([nH]1)N=CN(CCCCCC(=O)N[C@@H](CCC(=O)O)C(=O)O)C2O. The monoisotopic (exact) mass is 395 g/mol. The quantitative estimate of drug-likeness (QED) is 0.294. The Labute approximate surface area is 161 Å². The summed E-state index contributed by atoms with van der Waals surface area (Å²) in [7, 11) is 0. The van der Waals surface area contributed by atoms with Crippen molar-refractivity contribution in [3.63, 3.8) is 0 Å². The van der Waals surface area contributed by atoms with Crippen LogP contribution < -0.4 is 11.1 Å². The molecular weight excluding hydrogens is 370 g/mol. The van der Waals surface area contributed by atoms with Gasteiger partial charge in [-0.3, -0.25) is 9.59 Å². The predicted molar refractivity (Wildman–Crippen MR) is 99.9 cm³/mol. The van der Waals surface area contributed by atoms with E-state index in [1.54, 1.807) is 11.0 Å². The van der Waals surface area contributed by atoms with E-state index in [0.717, 1.165) is 0 Å². The lowest BCUT2D eigenvalue weighted by Crippen LogP contribution is -2.41. The molecule has 11 nitrogen and oxygen atoms in total. The van der Waals surface area contributed by atoms with E-state index in [0.29, 0.717) is 43.0 Å². The van der Waals surface area contributed by atoms with Crippen molar-refractivity contribution in [2.45, 2.75) is 50.8 Å². The number of rotatable bonds is 11. The lowest BCUT2D eigenvalue weighted by Gasteiger charge is -2.28. The van der Waals surface area contributed by atoms with Crippen molar-refractivity contribution < 1.29 is 29.7 Å². The molecule has 0 saturated carbocycles. The van der Waals surface area contributed by atoms with Gasteiger partial charge < -0.3 is 36.3 Å². The van der Waals surface area contributed by atoms with Crippen LogP contribution in [0.15, 0.2) is 11.1 Å². The highest BCUT2D eigenvalue weighted by molar-refractivity contribution is 5.83. The maximum absolute atomic E-state index is 11.9. The third kappa shape index (κ3) is 5.98. The van der Waals surface area contributed by atoms with Gasteiger partial charge in [0.25, 0.3) is 0 Å². The number of hydrogen-bond acceptors (Lipinski definition) is 7.